The molecular weight excluding hydrogens is 714 g/mol. The van der Waals surface area contributed by atoms with Gasteiger partial charge in [-0.25, -0.2) is 0 Å². The van der Waals surface area contributed by atoms with Gasteiger partial charge in [-0.05, 0) is 39.3 Å². The van der Waals surface area contributed by atoms with Gasteiger partial charge < -0.3 is 17.7 Å². The van der Waals surface area contributed by atoms with Gasteiger partial charge in [-0.3, -0.25) is 4.79 Å². The molecule has 5 nitrogen and oxygen atoms in total. The van der Waals surface area contributed by atoms with E-state index in [9.17, 15) is 4.79 Å². The Morgan fingerprint density at radius 1 is 0.610 bits per heavy atom. The van der Waals surface area contributed by atoms with Crippen molar-refractivity contribution in [2.24, 2.45) is 0 Å². The van der Waals surface area contributed by atoms with Crippen LogP contribution in [0.4, 0.5) is 0 Å². The van der Waals surface area contributed by atoms with Crippen LogP contribution < -0.4 is 0 Å². The molecule has 0 amide bonds. The summed E-state index contributed by atoms with van der Waals surface area (Å²) in [7, 11) is 1.69. The number of ether oxygens (including phenoxy) is 2. The molecule has 0 unspecified atom stereocenters. The van der Waals surface area contributed by atoms with Crippen LogP contribution >= 0.6 is 0 Å². The fourth-order valence-electron chi connectivity index (χ4n) is 1.69. The Hall–Kier alpha value is 0.648. The SMILES string of the molecule is C.C.C.C.CC.CC.COC.COC(C)=O.C[Si](C)O[Si](C)(C)O[Si](C)C.[Y].[Y].[c-]1ccccc1.[c-]1ccccc1. The zero-order chi connectivity index (χ0) is 28.5. The van der Waals surface area contributed by atoms with E-state index in [1.165, 1.54) is 14.0 Å². The third-order valence-corrected chi connectivity index (χ3v) is 9.60. The van der Waals surface area contributed by atoms with Crippen molar-refractivity contribution in [2.45, 2.75) is 104 Å². The van der Waals surface area contributed by atoms with Gasteiger partial charge in [0.05, 0.1) is 7.11 Å². The first kappa shape index (κ1) is 73.3. The predicted molar refractivity (Wildman–Crippen MR) is 185 cm³/mol. The molecule has 4 radical (unpaired) electrons. The summed E-state index contributed by atoms with van der Waals surface area (Å²) in [4.78, 5) is 9.59. The summed E-state index contributed by atoms with van der Waals surface area (Å²) < 4.78 is 19.9. The summed E-state index contributed by atoms with van der Waals surface area (Å²) in [5.74, 6) is -0.245. The average molecular weight is 783 g/mol. The summed E-state index contributed by atoms with van der Waals surface area (Å²) >= 11 is 0. The molecule has 0 aromatic heterocycles. The van der Waals surface area contributed by atoms with Crippen LogP contribution in [0, 0.1) is 12.1 Å². The number of carbonyl (C=O) groups excluding carboxylic acids is 1. The number of benzene rings is 2. The molecule has 0 aliphatic rings. The normalized spacial score (nSPS) is 7.41. The van der Waals surface area contributed by atoms with Crippen molar-refractivity contribution in [3.63, 3.8) is 0 Å². The predicted octanol–water partition coefficient (Wildman–Crippen LogP) is 10.2. The molecule has 0 saturated heterocycles. The Bertz CT molecular complexity index is 500. The molecule has 0 N–H and O–H groups in total. The molecule has 0 aliphatic heterocycles. The van der Waals surface area contributed by atoms with Gasteiger partial charge in [-0.15, -0.1) is 0 Å². The van der Waals surface area contributed by atoms with Gasteiger partial charge in [0.15, 0.2) is 18.1 Å². The number of carbonyl (C=O) groups is 1. The molecule has 0 spiro atoms. The zero-order valence-electron chi connectivity index (χ0n) is 26.0. The minimum atomic E-state index is -1.74. The van der Waals surface area contributed by atoms with E-state index in [2.05, 4.69) is 60.9 Å². The average Bonchev–Trinajstić information content (AvgIpc) is 2.84. The van der Waals surface area contributed by atoms with E-state index in [-0.39, 0.29) is 101 Å². The molecule has 41 heavy (non-hydrogen) atoms. The summed E-state index contributed by atoms with van der Waals surface area (Å²) in [5, 5.41) is 0. The van der Waals surface area contributed by atoms with Crippen molar-refractivity contribution < 1.29 is 87.9 Å². The molecule has 2 rings (SSSR count). The maximum absolute atomic E-state index is 9.59. The van der Waals surface area contributed by atoms with Crippen molar-refractivity contribution in [1.82, 2.24) is 0 Å². The van der Waals surface area contributed by atoms with Crippen molar-refractivity contribution >= 4 is 32.6 Å². The monoisotopic (exact) mass is 782 g/mol. The van der Waals surface area contributed by atoms with Crippen LogP contribution in [-0.4, -0.2) is 53.9 Å². The van der Waals surface area contributed by atoms with Gasteiger partial charge >= 0.3 is 14.5 Å². The van der Waals surface area contributed by atoms with E-state index in [4.69, 9.17) is 8.23 Å². The molecular formula is C31H68O5Si3Y2-2. The molecule has 0 bridgehead atoms. The second kappa shape index (κ2) is 63.8. The molecule has 10 heteroatoms. The molecule has 2 aromatic carbocycles. The van der Waals surface area contributed by atoms with Gasteiger partial charge in [-0.2, -0.15) is 72.8 Å². The topological polar surface area (TPSA) is 54.0 Å². The van der Waals surface area contributed by atoms with Gasteiger partial charge in [-0.1, -0.05) is 57.4 Å². The van der Waals surface area contributed by atoms with E-state index >= 15 is 0 Å². The minimum absolute atomic E-state index is 0. The second-order valence-corrected chi connectivity index (χ2v) is 14.7. The van der Waals surface area contributed by atoms with E-state index in [0.29, 0.717) is 0 Å². The Morgan fingerprint density at radius 2 is 0.805 bits per heavy atom. The Balaban J connectivity index is -0.0000000297. The quantitative estimate of drug-likeness (QED) is 0.176. The summed E-state index contributed by atoms with van der Waals surface area (Å²) in [6, 6.07) is 25.0. The molecule has 0 aliphatic carbocycles. The fourth-order valence-corrected chi connectivity index (χ4v) is 10.1. The molecule has 0 saturated carbocycles. The van der Waals surface area contributed by atoms with E-state index in [0.717, 1.165) is 0 Å². The first-order valence-electron chi connectivity index (χ1n) is 11.8. The third kappa shape index (κ3) is 99.9. The maximum Gasteiger partial charge on any atom is 0.310 e. The minimum Gasteiger partial charge on any atom is -0.469 e. The van der Waals surface area contributed by atoms with Crippen molar-refractivity contribution in [3.05, 3.63) is 72.8 Å². The van der Waals surface area contributed by atoms with Crippen molar-refractivity contribution in [2.75, 3.05) is 21.3 Å². The Morgan fingerprint density at radius 3 is 0.878 bits per heavy atom. The third-order valence-electron chi connectivity index (χ3n) is 2.40. The second-order valence-electron chi connectivity index (χ2n) is 6.68. The van der Waals surface area contributed by atoms with Crippen LogP contribution in [0.2, 0.25) is 39.3 Å². The fraction of sp³-hybridized carbons (Fsp3) is 0.581. The Labute approximate surface area is 315 Å². The smallest absolute Gasteiger partial charge is 0.310 e. The summed E-state index contributed by atoms with van der Waals surface area (Å²) in [6.07, 6.45) is 0. The Kier molecular flexibility index (Phi) is 114. The van der Waals surface area contributed by atoms with Gasteiger partial charge in [0.25, 0.3) is 0 Å². The van der Waals surface area contributed by atoms with E-state index in [1.54, 1.807) is 14.2 Å². The van der Waals surface area contributed by atoms with Crippen molar-refractivity contribution in [3.8, 4) is 0 Å². The van der Waals surface area contributed by atoms with Crippen LogP contribution in [-0.2, 0) is 87.9 Å². The van der Waals surface area contributed by atoms with Crippen molar-refractivity contribution in [1.29, 1.82) is 0 Å². The van der Waals surface area contributed by atoms with Crippen LogP contribution in [0.1, 0.15) is 64.3 Å². The van der Waals surface area contributed by atoms with Gasteiger partial charge in [0.2, 0.25) is 0 Å². The first-order chi connectivity index (χ1) is 16.5. The van der Waals surface area contributed by atoms with E-state index < -0.39 is 26.6 Å². The number of hydrogen-bond donors (Lipinski definition) is 0. The molecule has 0 heterocycles. The van der Waals surface area contributed by atoms with Crippen LogP contribution in [0.25, 0.3) is 0 Å². The number of esters is 1. The summed E-state index contributed by atoms with van der Waals surface area (Å²) in [5.41, 5.74) is 0. The first-order valence-corrected chi connectivity index (χ1v) is 19.4. The zero-order valence-corrected chi connectivity index (χ0v) is 34.6. The maximum atomic E-state index is 9.59. The number of hydrogen-bond acceptors (Lipinski definition) is 5. The van der Waals surface area contributed by atoms with Gasteiger partial charge in [0, 0.05) is 86.6 Å². The molecule has 2 aromatic rings. The molecule has 0 fully saturated rings. The van der Waals surface area contributed by atoms with Gasteiger partial charge in [0.1, 0.15) is 0 Å². The summed E-state index contributed by atoms with van der Waals surface area (Å²) in [6.45, 7) is 22.2. The molecule has 242 valence electrons. The van der Waals surface area contributed by atoms with E-state index in [1.807, 2.05) is 88.4 Å². The number of methoxy groups -OCH3 is 2. The number of rotatable bonds is 4. The van der Waals surface area contributed by atoms with Crippen LogP contribution in [0.5, 0.6) is 0 Å². The largest absolute Gasteiger partial charge is 0.469 e. The molecule has 0 atom stereocenters. The van der Waals surface area contributed by atoms with Crippen LogP contribution in [0.15, 0.2) is 60.7 Å². The van der Waals surface area contributed by atoms with Crippen LogP contribution in [0.3, 0.4) is 0 Å². The standard InChI is InChI=1S/C6H18O2Si3.2C6H5.C3H6O2.C2H6O.2C2H6.4CH4.2Y/c1-9(2)7-11(5,6)8-10(3)4;2*1-2-4-6-5-3-1;1-3(4)5-2;1-3-2;2*1-2;;;;;;/h1-6H3;2*1-5H;1-2H3;1-2H3;2*1-2H3;4*1H4;;/q;2*-1;;;;;;;;;;.